The molecule has 0 saturated heterocycles. The predicted molar refractivity (Wildman–Crippen MR) is 74.5 cm³/mol. The number of nitrogens with zero attached hydrogens (tertiary/aromatic N) is 1. The van der Waals surface area contributed by atoms with Crippen LogP contribution in [0.15, 0.2) is 24.3 Å². The van der Waals surface area contributed by atoms with Crippen molar-refractivity contribution >= 4 is 5.69 Å². The molecule has 1 heterocycles. The second-order valence-electron chi connectivity index (χ2n) is 4.85. The molecule has 2 nitrogen and oxygen atoms in total. The van der Waals surface area contributed by atoms with E-state index in [2.05, 4.69) is 48.3 Å². The lowest BCUT2D eigenvalue weighted by Crippen LogP contribution is -2.38. The molecule has 0 bridgehead atoms. The van der Waals surface area contributed by atoms with Crippen LogP contribution in [0.1, 0.15) is 38.7 Å². The van der Waals surface area contributed by atoms with Crippen molar-refractivity contribution in [2.45, 2.75) is 45.7 Å². The largest absolute Gasteiger partial charge is 0.367 e. The lowest BCUT2D eigenvalue weighted by atomic mass is 10.0. The summed E-state index contributed by atoms with van der Waals surface area (Å²) in [5, 5.41) is 3.51. The molecule has 1 aliphatic rings. The van der Waals surface area contributed by atoms with E-state index in [1.807, 2.05) is 0 Å². The zero-order valence-corrected chi connectivity index (χ0v) is 11.1. The Morgan fingerprint density at radius 1 is 1.29 bits per heavy atom. The van der Waals surface area contributed by atoms with Crippen LogP contribution in [0.3, 0.4) is 0 Å². The number of hydrogen-bond acceptors (Lipinski definition) is 2. The Bertz CT molecular complexity index is 349. The average molecular weight is 232 g/mol. The summed E-state index contributed by atoms with van der Waals surface area (Å²) in [7, 11) is 0. The molecule has 0 fully saturated rings. The van der Waals surface area contributed by atoms with Crippen LogP contribution in [0.25, 0.3) is 0 Å². The Kier molecular flexibility index (Phi) is 4.43. The molecule has 1 unspecified atom stereocenters. The third-order valence-corrected chi connectivity index (χ3v) is 3.68. The van der Waals surface area contributed by atoms with Gasteiger partial charge >= 0.3 is 0 Å². The lowest BCUT2D eigenvalue weighted by Gasteiger charge is -2.33. The molecule has 0 saturated carbocycles. The molecule has 2 heteroatoms. The van der Waals surface area contributed by atoms with Crippen LogP contribution in [0.4, 0.5) is 5.69 Å². The fourth-order valence-corrected chi connectivity index (χ4v) is 2.78. The third kappa shape index (κ3) is 2.81. The van der Waals surface area contributed by atoms with Crippen LogP contribution in [-0.2, 0) is 6.54 Å². The Morgan fingerprint density at radius 3 is 2.88 bits per heavy atom. The van der Waals surface area contributed by atoms with Gasteiger partial charge in [0, 0.05) is 31.4 Å². The summed E-state index contributed by atoms with van der Waals surface area (Å²) in [6.07, 6.45) is 3.80. The summed E-state index contributed by atoms with van der Waals surface area (Å²) >= 11 is 0. The molecular weight excluding hydrogens is 208 g/mol. The molecule has 94 valence electrons. The van der Waals surface area contributed by atoms with E-state index in [1.54, 1.807) is 0 Å². The van der Waals surface area contributed by atoms with E-state index in [0.717, 1.165) is 19.6 Å². The highest BCUT2D eigenvalue weighted by atomic mass is 15.2. The van der Waals surface area contributed by atoms with E-state index in [-0.39, 0.29) is 0 Å². The molecule has 1 N–H and O–H groups in total. The minimum atomic E-state index is 0.695. The van der Waals surface area contributed by atoms with Gasteiger partial charge in [-0.3, -0.25) is 0 Å². The molecule has 17 heavy (non-hydrogen) atoms. The van der Waals surface area contributed by atoms with Gasteiger partial charge in [-0.2, -0.15) is 0 Å². The van der Waals surface area contributed by atoms with Crippen molar-refractivity contribution in [3.05, 3.63) is 29.8 Å². The average Bonchev–Trinajstić information content (AvgIpc) is 2.58. The van der Waals surface area contributed by atoms with Gasteiger partial charge in [-0.25, -0.2) is 0 Å². The highest BCUT2D eigenvalue weighted by Gasteiger charge is 2.20. The zero-order valence-electron chi connectivity index (χ0n) is 11.1. The second kappa shape index (κ2) is 6.06. The second-order valence-corrected chi connectivity index (χ2v) is 4.85. The maximum absolute atomic E-state index is 3.51. The maximum atomic E-state index is 3.51. The van der Waals surface area contributed by atoms with Crippen molar-refractivity contribution in [1.29, 1.82) is 0 Å². The molecule has 1 aromatic carbocycles. The number of nitrogens with one attached hydrogen (secondary N) is 1. The summed E-state index contributed by atoms with van der Waals surface area (Å²) in [5.41, 5.74) is 2.89. The third-order valence-electron chi connectivity index (χ3n) is 3.68. The van der Waals surface area contributed by atoms with Gasteiger partial charge in [0.25, 0.3) is 0 Å². The number of rotatable bonds is 4. The van der Waals surface area contributed by atoms with Crippen molar-refractivity contribution in [3.8, 4) is 0 Å². The normalized spacial score (nSPS) is 17.4. The van der Waals surface area contributed by atoms with Crippen LogP contribution in [-0.4, -0.2) is 19.1 Å². The van der Waals surface area contributed by atoms with Crippen LogP contribution >= 0.6 is 0 Å². The standard InChI is InChI=1S/C15H24N2/c1-3-7-14(4-2)17-11-10-16-12-13-8-5-6-9-15(13)17/h5-6,8-9,14,16H,3-4,7,10-12H2,1-2H3. The van der Waals surface area contributed by atoms with Gasteiger partial charge in [-0.15, -0.1) is 0 Å². The van der Waals surface area contributed by atoms with E-state index < -0.39 is 0 Å². The topological polar surface area (TPSA) is 15.3 Å². The van der Waals surface area contributed by atoms with Crippen molar-refractivity contribution in [1.82, 2.24) is 5.32 Å². The quantitative estimate of drug-likeness (QED) is 0.857. The Balaban J connectivity index is 2.26. The van der Waals surface area contributed by atoms with Crippen LogP contribution < -0.4 is 10.2 Å². The zero-order chi connectivity index (χ0) is 12.1. The minimum absolute atomic E-state index is 0.695. The van der Waals surface area contributed by atoms with Gasteiger partial charge in [-0.1, -0.05) is 38.5 Å². The Labute approximate surface area is 105 Å². The van der Waals surface area contributed by atoms with E-state index in [9.17, 15) is 0 Å². The fraction of sp³-hybridized carbons (Fsp3) is 0.600. The van der Waals surface area contributed by atoms with Gasteiger partial charge in [-0.05, 0) is 24.5 Å². The lowest BCUT2D eigenvalue weighted by molar-refractivity contribution is 0.525. The van der Waals surface area contributed by atoms with Gasteiger partial charge in [0.1, 0.15) is 0 Å². The van der Waals surface area contributed by atoms with Crippen molar-refractivity contribution in [2.75, 3.05) is 18.0 Å². The predicted octanol–water partition coefficient (Wildman–Crippen LogP) is 3.17. The number of benzene rings is 1. The van der Waals surface area contributed by atoms with Gasteiger partial charge in [0.05, 0.1) is 0 Å². The first-order chi connectivity index (χ1) is 8.36. The molecule has 0 spiro atoms. The summed E-state index contributed by atoms with van der Waals surface area (Å²) in [5.74, 6) is 0. The SMILES string of the molecule is CCCC(CC)N1CCNCc2ccccc21. The highest BCUT2D eigenvalue weighted by Crippen LogP contribution is 2.26. The smallest absolute Gasteiger partial charge is 0.0414 e. The van der Waals surface area contributed by atoms with Crippen LogP contribution in [0.5, 0.6) is 0 Å². The molecule has 1 aromatic rings. The first-order valence-corrected chi connectivity index (χ1v) is 6.92. The summed E-state index contributed by atoms with van der Waals surface area (Å²) in [6.45, 7) is 7.82. The van der Waals surface area contributed by atoms with E-state index in [4.69, 9.17) is 0 Å². The minimum Gasteiger partial charge on any atom is -0.367 e. The highest BCUT2D eigenvalue weighted by molar-refractivity contribution is 5.55. The van der Waals surface area contributed by atoms with Crippen molar-refractivity contribution in [2.24, 2.45) is 0 Å². The summed E-state index contributed by atoms with van der Waals surface area (Å²) < 4.78 is 0. The first-order valence-electron chi connectivity index (χ1n) is 6.92. The molecule has 0 aromatic heterocycles. The molecule has 0 aliphatic carbocycles. The Hall–Kier alpha value is -1.02. The van der Waals surface area contributed by atoms with E-state index >= 15 is 0 Å². The van der Waals surface area contributed by atoms with Crippen molar-refractivity contribution in [3.63, 3.8) is 0 Å². The van der Waals surface area contributed by atoms with Crippen LogP contribution in [0, 0.1) is 0 Å². The number of hydrogen-bond donors (Lipinski definition) is 1. The molecule has 1 aliphatic heterocycles. The molecule has 0 amide bonds. The van der Waals surface area contributed by atoms with Crippen molar-refractivity contribution < 1.29 is 0 Å². The molecular formula is C15H24N2. The van der Waals surface area contributed by atoms with E-state index in [1.165, 1.54) is 30.5 Å². The number of fused-ring (bicyclic) bond motifs is 1. The number of para-hydroxylation sites is 1. The number of anilines is 1. The van der Waals surface area contributed by atoms with Gasteiger partial charge < -0.3 is 10.2 Å². The molecule has 1 atom stereocenters. The summed E-state index contributed by atoms with van der Waals surface area (Å²) in [4.78, 5) is 2.61. The maximum Gasteiger partial charge on any atom is 0.0414 e. The molecule has 2 rings (SSSR count). The fourth-order valence-electron chi connectivity index (χ4n) is 2.78. The molecule has 0 radical (unpaired) electrons. The Morgan fingerprint density at radius 2 is 2.12 bits per heavy atom. The van der Waals surface area contributed by atoms with Gasteiger partial charge in [0.2, 0.25) is 0 Å². The summed E-state index contributed by atoms with van der Waals surface area (Å²) in [6, 6.07) is 9.53. The van der Waals surface area contributed by atoms with E-state index in [0.29, 0.717) is 6.04 Å². The van der Waals surface area contributed by atoms with Crippen LogP contribution in [0.2, 0.25) is 0 Å². The first kappa shape index (κ1) is 12.4. The van der Waals surface area contributed by atoms with Gasteiger partial charge in [0.15, 0.2) is 0 Å². The monoisotopic (exact) mass is 232 g/mol.